The number of amides is 1. The smallest absolute Gasteiger partial charge is 0.225 e. The second kappa shape index (κ2) is 7.65. The zero-order chi connectivity index (χ0) is 13.1. The predicted octanol–water partition coefficient (Wildman–Crippen LogP) is 2.98. The van der Waals surface area contributed by atoms with Gasteiger partial charge in [-0.25, -0.2) is 0 Å². The molecule has 20 heavy (non-hydrogen) atoms. The predicted molar refractivity (Wildman–Crippen MR) is 84.2 cm³/mol. The van der Waals surface area contributed by atoms with Crippen LogP contribution in [0.3, 0.4) is 0 Å². The summed E-state index contributed by atoms with van der Waals surface area (Å²) in [5.41, 5.74) is 0. The summed E-state index contributed by atoms with van der Waals surface area (Å²) >= 11 is 0. The van der Waals surface area contributed by atoms with E-state index >= 15 is 0 Å². The van der Waals surface area contributed by atoms with E-state index in [0.29, 0.717) is 17.9 Å². The maximum atomic E-state index is 12.7. The molecule has 0 radical (unpaired) electrons. The Hall–Kier alpha value is -0.280. The van der Waals surface area contributed by atoms with Crippen molar-refractivity contribution in [3.8, 4) is 0 Å². The van der Waals surface area contributed by atoms with Gasteiger partial charge in [-0.1, -0.05) is 32.1 Å². The number of piperidine rings is 1. The molecule has 2 saturated heterocycles. The maximum Gasteiger partial charge on any atom is 0.225 e. The lowest BCUT2D eigenvalue weighted by molar-refractivity contribution is -0.138. The maximum absolute atomic E-state index is 12.7. The average molecular weight is 301 g/mol. The minimum absolute atomic E-state index is 0. The molecule has 4 heteroatoms. The molecule has 1 aliphatic carbocycles. The Bertz CT molecular complexity index is 316. The zero-order valence-corrected chi connectivity index (χ0v) is 13.3. The molecule has 0 aromatic carbocycles. The molecule has 1 saturated carbocycles. The first-order valence-corrected chi connectivity index (χ1v) is 8.37. The highest BCUT2D eigenvalue weighted by Crippen LogP contribution is 2.29. The Morgan fingerprint density at radius 1 is 0.950 bits per heavy atom. The number of hydrogen-bond acceptors (Lipinski definition) is 2. The number of fused-ring (bicyclic) bond motifs is 1. The number of nitrogens with zero attached hydrogens (tertiary/aromatic N) is 1. The van der Waals surface area contributed by atoms with E-state index in [1.807, 2.05) is 0 Å². The van der Waals surface area contributed by atoms with Crippen molar-refractivity contribution in [2.24, 2.45) is 11.8 Å². The second-order valence-corrected chi connectivity index (χ2v) is 6.72. The Morgan fingerprint density at radius 2 is 1.65 bits per heavy atom. The molecule has 3 nitrogen and oxygen atoms in total. The number of carbonyl (C=O) groups is 1. The highest BCUT2D eigenvalue weighted by Gasteiger charge is 2.35. The van der Waals surface area contributed by atoms with E-state index in [0.717, 1.165) is 38.4 Å². The molecule has 3 aliphatic rings. The van der Waals surface area contributed by atoms with Gasteiger partial charge in [0.15, 0.2) is 0 Å². The highest BCUT2D eigenvalue weighted by atomic mass is 35.5. The van der Waals surface area contributed by atoms with E-state index in [2.05, 4.69) is 10.2 Å². The van der Waals surface area contributed by atoms with E-state index in [-0.39, 0.29) is 12.4 Å². The van der Waals surface area contributed by atoms with Crippen LogP contribution in [0, 0.1) is 11.8 Å². The van der Waals surface area contributed by atoms with Crippen LogP contribution >= 0.6 is 12.4 Å². The van der Waals surface area contributed by atoms with Crippen LogP contribution in [0.4, 0.5) is 0 Å². The monoisotopic (exact) mass is 300 g/mol. The third-order valence-corrected chi connectivity index (χ3v) is 5.42. The fraction of sp³-hybridized carbons (Fsp3) is 0.938. The van der Waals surface area contributed by atoms with Crippen molar-refractivity contribution in [1.29, 1.82) is 0 Å². The summed E-state index contributed by atoms with van der Waals surface area (Å²) in [5, 5.41) is 3.58. The molecule has 2 aliphatic heterocycles. The number of nitrogens with one attached hydrogen (secondary N) is 1. The Kier molecular flexibility index (Phi) is 6.16. The first-order valence-electron chi connectivity index (χ1n) is 8.37. The SMILES string of the molecule is Cl.O=C(C1CCCCCCC1)N1CCC2NCCC2C1. The molecule has 2 atom stereocenters. The van der Waals surface area contributed by atoms with Crippen molar-refractivity contribution < 1.29 is 4.79 Å². The lowest BCUT2D eigenvalue weighted by atomic mass is 9.88. The van der Waals surface area contributed by atoms with Crippen molar-refractivity contribution >= 4 is 18.3 Å². The summed E-state index contributed by atoms with van der Waals surface area (Å²) in [6.45, 7) is 3.16. The number of hydrogen-bond donors (Lipinski definition) is 1. The van der Waals surface area contributed by atoms with Gasteiger partial charge in [0, 0.05) is 25.0 Å². The van der Waals surface area contributed by atoms with Crippen molar-refractivity contribution in [3.05, 3.63) is 0 Å². The first-order chi connectivity index (χ1) is 9.34. The van der Waals surface area contributed by atoms with E-state index < -0.39 is 0 Å². The third-order valence-electron chi connectivity index (χ3n) is 5.42. The molecule has 0 aromatic rings. The normalized spacial score (nSPS) is 31.9. The minimum atomic E-state index is 0. The summed E-state index contributed by atoms with van der Waals surface area (Å²) in [7, 11) is 0. The van der Waals surface area contributed by atoms with Crippen LogP contribution in [0.25, 0.3) is 0 Å². The van der Waals surface area contributed by atoms with Crippen LogP contribution in [0.1, 0.15) is 57.8 Å². The van der Waals surface area contributed by atoms with Gasteiger partial charge < -0.3 is 10.2 Å². The number of likely N-dealkylation sites (tertiary alicyclic amines) is 1. The van der Waals surface area contributed by atoms with Gasteiger partial charge in [-0.3, -0.25) is 4.79 Å². The molecule has 116 valence electrons. The van der Waals surface area contributed by atoms with Crippen LogP contribution in [0.2, 0.25) is 0 Å². The summed E-state index contributed by atoms with van der Waals surface area (Å²) in [5.74, 6) is 1.55. The van der Waals surface area contributed by atoms with Gasteiger partial charge in [0.05, 0.1) is 0 Å². The Balaban J connectivity index is 0.00000147. The number of rotatable bonds is 1. The van der Waals surface area contributed by atoms with Gasteiger partial charge in [0.2, 0.25) is 5.91 Å². The third kappa shape index (κ3) is 3.67. The lowest BCUT2D eigenvalue weighted by Crippen LogP contribution is -2.48. The van der Waals surface area contributed by atoms with Crippen LogP contribution in [-0.4, -0.2) is 36.5 Å². The first kappa shape index (κ1) is 16.1. The van der Waals surface area contributed by atoms with E-state index in [9.17, 15) is 4.79 Å². The van der Waals surface area contributed by atoms with Gasteiger partial charge in [-0.15, -0.1) is 12.4 Å². The van der Waals surface area contributed by atoms with Crippen molar-refractivity contribution in [2.75, 3.05) is 19.6 Å². The van der Waals surface area contributed by atoms with E-state index in [1.165, 1.54) is 44.9 Å². The standard InChI is InChI=1S/C16H28N2O.ClH/c19-16(13-6-4-2-1-3-5-7-13)18-11-9-15-14(12-18)8-10-17-15;/h13-15,17H,1-12H2;1H. The molecular weight excluding hydrogens is 272 g/mol. The van der Waals surface area contributed by atoms with Gasteiger partial charge >= 0.3 is 0 Å². The van der Waals surface area contributed by atoms with Gasteiger partial charge in [0.1, 0.15) is 0 Å². The minimum Gasteiger partial charge on any atom is -0.342 e. The van der Waals surface area contributed by atoms with Crippen LogP contribution in [0.15, 0.2) is 0 Å². The lowest BCUT2D eigenvalue weighted by Gasteiger charge is -2.37. The molecule has 3 fully saturated rings. The Labute approximate surface area is 129 Å². The largest absolute Gasteiger partial charge is 0.342 e. The molecule has 0 spiro atoms. The average Bonchev–Trinajstić information content (AvgIpc) is 2.84. The molecule has 2 heterocycles. The highest BCUT2D eigenvalue weighted by molar-refractivity contribution is 5.85. The molecule has 0 bridgehead atoms. The van der Waals surface area contributed by atoms with Crippen LogP contribution < -0.4 is 5.32 Å². The fourth-order valence-electron chi connectivity index (χ4n) is 4.21. The topological polar surface area (TPSA) is 32.3 Å². The summed E-state index contributed by atoms with van der Waals surface area (Å²) in [6, 6.07) is 0.696. The fourth-order valence-corrected chi connectivity index (χ4v) is 4.21. The van der Waals surface area contributed by atoms with E-state index in [1.54, 1.807) is 0 Å². The van der Waals surface area contributed by atoms with Gasteiger partial charge in [0.25, 0.3) is 0 Å². The van der Waals surface area contributed by atoms with Crippen molar-refractivity contribution in [3.63, 3.8) is 0 Å². The summed E-state index contributed by atoms with van der Waals surface area (Å²) < 4.78 is 0. The van der Waals surface area contributed by atoms with Crippen molar-refractivity contribution in [1.82, 2.24) is 10.2 Å². The molecule has 3 rings (SSSR count). The summed E-state index contributed by atoms with van der Waals surface area (Å²) in [6.07, 6.45) is 11.3. The Morgan fingerprint density at radius 3 is 2.40 bits per heavy atom. The van der Waals surface area contributed by atoms with Crippen molar-refractivity contribution in [2.45, 2.75) is 63.8 Å². The van der Waals surface area contributed by atoms with Crippen LogP contribution in [-0.2, 0) is 4.79 Å². The van der Waals surface area contributed by atoms with Crippen LogP contribution in [0.5, 0.6) is 0 Å². The molecule has 2 unspecified atom stereocenters. The quantitative estimate of drug-likeness (QED) is 0.807. The van der Waals surface area contributed by atoms with E-state index in [4.69, 9.17) is 0 Å². The molecule has 1 amide bonds. The molecule has 0 aromatic heterocycles. The number of halogens is 1. The molecule has 1 N–H and O–H groups in total. The molecular formula is C16H29ClN2O. The second-order valence-electron chi connectivity index (χ2n) is 6.72. The van der Waals surface area contributed by atoms with Gasteiger partial charge in [-0.05, 0) is 38.1 Å². The van der Waals surface area contributed by atoms with Gasteiger partial charge in [-0.2, -0.15) is 0 Å². The zero-order valence-electron chi connectivity index (χ0n) is 12.5. The number of carbonyl (C=O) groups excluding carboxylic acids is 1. The summed E-state index contributed by atoms with van der Waals surface area (Å²) in [4.78, 5) is 14.9.